The van der Waals surface area contributed by atoms with Crippen molar-refractivity contribution in [1.29, 1.82) is 0 Å². The summed E-state index contributed by atoms with van der Waals surface area (Å²) >= 11 is 0. The van der Waals surface area contributed by atoms with Crippen LogP contribution in [-0.4, -0.2) is 6.21 Å². The SMILES string of the molecule is C1=CCC23C=CN=Cc4cccc(c42)OC3=C1. The Hall–Kier alpha value is -2.09. The molecule has 4 rings (SSSR count). The first-order chi connectivity index (χ1) is 8.40. The van der Waals surface area contributed by atoms with Crippen molar-refractivity contribution in [2.75, 3.05) is 0 Å². The Balaban J connectivity index is 2.10. The monoisotopic (exact) mass is 221 g/mol. The Kier molecular flexibility index (Phi) is 1.57. The highest BCUT2D eigenvalue weighted by Gasteiger charge is 2.45. The van der Waals surface area contributed by atoms with E-state index in [1.807, 2.05) is 24.5 Å². The zero-order valence-corrected chi connectivity index (χ0v) is 9.26. The van der Waals surface area contributed by atoms with Crippen molar-refractivity contribution in [2.24, 2.45) is 4.99 Å². The van der Waals surface area contributed by atoms with Crippen LogP contribution in [0.1, 0.15) is 17.5 Å². The fraction of sp³-hybridized carbons (Fsp3) is 0.133. The van der Waals surface area contributed by atoms with Crippen LogP contribution >= 0.6 is 0 Å². The molecule has 1 atom stereocenters. The van der Waals surface area contributed by atoms with Gasteiger partial charge in [-0.25, -0.2) is 0 Å². The predicted octanol–water partition coefficient (Wildman–Crippen LogP) is 3.11. The number of allylic oxidation sites excluding steroid dienone is 4. The Morgan fingerprint density at radius 3 is 3.29 bits per heavy atom. The van der Waals surface area contributed by atoms with E-state index < -0.39 is 0 Å². The first-order valence-corrected chi connectivity index (χ1v) is 5.80. The molecule has 0 amide bonds. The van der Waals surface area contributed by atoms with Gasteiger partial charge in [0.15, 0.2) is 0 Å². The highest BCUT2D eigenvalue weighted by molar-refractivity contribution is 5.86. The van der Waals surface area contributed by atoms with Gasteiger partial charge in [-0.1, -0.05) is 24.3 Å². The summed E-state index contributed by atoms with van der Waals surface area (Å²) in [6.07, 6.45) is 13.2. The third-order valence-corrected chi connectivity index (χ3v) is 3.65. The Morgan fingerprint density at radius 1 is 1.29 bits per heavy atom. The zero-order valence-electron chi connectivity index (χ0n) is 9.26. The number of aliphatic imine (C=N–C) groups is 1. The van der Waals surface area contributed by atoms with E-state index in [1.165, 1.54) is 5.56 Å². The molecule has 1 aromatic rings. The summed E-state index contributed by atoms with van der Waals surface area (Å²) in [5.74, 6) is 1.99. The summed E-state index contributed by atoms with van der Waals surface area (Å²) in [5, 5.41) is 0. The summed E-state index contributed by atoms with van der Waals surface area (Å²) in [4.78, 5) is 4.31. The van der Waals surface area contributed by atoms with E-state index in [0.717, 1.165) is 23.5 Å². The average Bonchev–Trinajstić information content (AvgIpc) is 2.58. The van der Waals surface area contributed by atoms with Gasteiger partial charge in [0.25, 0.3) is 0 Å². The molecule has 0 saturated heterocycles. The van der Waals surface area contributed by atoms with E-state index in [9.17, 15) is 0 Å². The molecule has 0 aromatic heterocycles. The molecule has 3 aliphatic rings. The Bertz CT molecular complexity index is 622. The molecular formula is C15H11NO. The highest BCUT2D eigenvalue weighted by atomic mass is 16.5. The van der Waals surface area contributed by atoms with Gasteiger partial charge < -0.3 is 4.74 Å². The van der Waals surface area contributed by atoms with Crippen molar-refractivity contribution in [3.05, 3.63) is 65.6 Å². The lowest BCUT2D eigenvalue weighted by atomic mass is 9.74. The van der Waals surface area contributed by atoms with Crippen LogP contribution in [-0.2, 0) is 5.41 Å². The minimum atomic E-state index is -0.128. The summed E-state index contributed by atoms with van der Waals surface area (Å²) in [5.41, 5.74) is 2.29. The van der Waals surface area contributed by atoms with Gasteiger partial charge in [-0.15, -0.1) is 0 Å². The maximum absolute atomic E-state index is 5.98. The third-order valence-electron chi connectivity index (χ3n) is 3.65. The zero-order chi connectivity index (χ0) is 11.3. The largest absolute Gasteiger partial charge is 0.460 e. The summed E-state index contributed by atoms with van der Waals surface area (Å²) in [6.45, 7) is 0. The van der Waals surface area contributed by atoms with Gasteiger partial charge in [0.1, 0.15) is 11.5 Å². The first-order valence-electron chi connectivity index (χ1n) is 5.80. The van der Waals surface area contributed by atoms with E-state index in [4.69, 9.17) is 4.74 Å². The quantitative estimate of drug-likeness (QED) is 0.659. The minimum absolute atomic E-state index is 0.128. The maximum Gasteiger partial charge on any atom is 0.132 e. The van der Waals surface area contributed by atoms with Gasteiger partial charge in [0.2, 0.25) is 0 Å². The number of hydrogen-bond acceptors (Lipinski definition) is 2. The number of nitrogens with zero attached hydrogens (tertiary/aromatic N) is 1. The van der Waals surface area contributed by atoms with E-state index >= 15 is 0 Å². The van der Waals surface area contributed by atoms with E-state index in [0.29, 0.717) is 0 Å². The second-order valence-electron chi connectivity index (χ2n) is 4.55. The third kappa shape index (κ3) is 1.02. The highest BCUT2D eigenvalue weighted by Crippen LogP contribution is 2.52. The van der Waals surface area contributed by atoms with Gasteiger partial charge in [-0.05, 0) is 24.6 Å². The Labute approximate surface area is 99.6 Å². The molecule has 0 N–H and O–H groups in total. The van der Waals surface area contributed by atoms with E-state index in [2.05, 4.69) is 35.4 Å². The molecule has 1 aliphatic carbocycles. The summed E-state index contributed by atoms with van der Waals surface area (Å²) < 4.78 is 5.98. The van der Waals surface area contributed by atoms with Crippen molar-refractivity contribution in [3.8, 4) is 5.75 Å². The molecular weight excluding hydrogens is 210 g/mol. The molecule has 0 bridgehead atoms. The minimum Gasteiger partial charge on any atom is -0.460 e. The topological polar surface area (TPSA) is 21.6 Å². The smallest absolute Gasteiger partial charge is 0.132 e. The van der Waals surface area contributed by atoms with Crippen LogP contribution in [0.3, 0.4) is 0 Å². The number of hydrogen-bond donors (Lipinski definition) is 0. The van der Waals surface area contributed by atoms with Crippen LogP contribution in [0.4, 0.5) is 0 Å². The van der Waals surface area contributed by atoms with Crippen molar-refractivity contribution in [1.82, 2.24) is 0 Å². The molecule has 1 spiro atoms. The van der Waals surface area contributed by atoms with Crippen molar-refractivity contribution in [2.45, 2.75) is 11.8 Å². The number of benzene rings is 1. The van der Waals surface area contributed by atoms with Gasteiger partial charge in [0.05, 0.1) is 5.41 Å². The van der Waals surface area contributed by atoms with Crippen LogP contribution < -0.4 is 4.74 Å². The molecule has 2 nitrogen and oxygen atoms in total. The van der Waals surface area contributed by atoms with Crippen molar-refractivity contribution < 1.29 is 4.74 Å². The second-order valence-corrected chi connectivity index (χ2v) is 4.55. The first kappa shape index (κ1) is 8.99. The fourth-order valence-electron chi connectivity index (χ4n) is 2.87. The maximum atomic E-state index is 5.98. The molecule has 2 heterocycles. The molecule has 0 fully saturated rings. The number of rotatable bonds is 0. The molecule has 1 unspecified atom stereocenters. The lowest BCUT2D eigenvalue weighted by Crippen LogP contribution is -2.25. The molecule has 0 saturated carbocycles. The van der Waals surface area contributed by atoms with Crippen LogP contribution in [0.2, 0.25) is 0 Å². The van der Waals surface area contributed by atoms with Gasteiger partial charge in [0, 0.05) is 23.5 Å². The lowest BCUT2D eigenvalue weighted by Gasteiger charge is -2.26. The molecule has 1 aromatic carbocycles. The van der Waals surface area contributed by atoms with E-state index in [1.54, 1.807) is 0 Å². The normalized spacial score (nSPS) is 26.9. The summed E-state index contributed by atoms with van der Waals surface area (Å²) in [6, 6.07) is 6.15. The molecule has 0 radical (unpaired) electrons. The average molecular weight is 221 g/mol. The Morgan fingerprint density at radius 2 is 2.29 bits per heavy atom. The van der Waals surface area contributed by atoms with Crippen LogP contribution in [0.25, 0.3) is 0 Å². The summed E-state index contributed by atoms with van der Waals surface area (Å²) in [7, 11) is 0. The van der Waals surface area contributed by atoms with E-state index in [-0.39, 0.29) is 5.41 Å². The van der Waals surface area contributed by atoms with Gasteiger partial charge in [-0.2, -0.15) is 0 Å². The lowest BCUT2D eigenvalue weighted by molar-refractivity contribution is 0.395. The van der Waals surface area contributed by atoms with Gasteiger partial charge >= 0.3 is 0 Å². The van der Waals surface area contributed by atoms with Crippen molar-refractivity contribution >= 4 is 6.21 Å². The molecule has 2 heteroatoms. The molecule has 2 aliphatic heterocycles. The molecule has 17 heavy (non-hydrogen) atoms. The van der Waals surface area contributed by atoms with Crippen LogP contribution in [0.15, 0.2) is 59.5 Å². The second kappa shape index (κ2) is 2.98. The van der Waals surface area contributed by atoms with Crippen molar-refractivity contribution in [3.63, 3.8) is 0 Å². The van der Waals surface area contributed by atoms with Gasteiger partial charge in [-0.3, -0.25) is 4.99 Å². The molecule has 82 valence electrons. The van der Waals surface area contributed by atoms with Crippen LogP contribution in [0.5, 0.6) is 5.75 Å². The fourth-order valence-corrected chi connectivity index (χ4v) is 2.87. The van der Waals surface area contributed by atoms with Crippen LogP contribution in [0, 0.1) is 0 Å². The number of ether oxygens (including phenoxy) is 1. The predicted molar refractivity (Wildman–Crippen MR) is 67.3 cm³/mol. The standard InChI is InChI=1S/C15H11NO/c1-2-7-15-8-9-16-10-11-4-3-5-12(14(11)15)17-13(15)6-1/h1-6,8-10H,7H2.